The second-order valence-corrected chi connectivity index (χ2v) is 7.18. The van der Waals surface area contributed by atoms with Crippen LogP contribution >= 0.6 is 24.0 Å². The first-order valence-electron chi connectivity index (χ1n) is 10.2. The van der Waals surface area contributed by atoms with E-state index in [4.69, 9.17) is 0 Å². The zero-order chi connectivity index (χ0) is 18.6. The molecule has 5 nitrogen and oxygen atoms in total. The van der Waals surface area contributed by atoms with Crippen LogP contribution in [0.2, 0.25) is 0 Å². The number of piperidine rings is 1. The summed E-state index contributed by atoms with van der Waals surface area (Å²) in [6, 6.07) is 10.6. The van der Waals surface area contributed by atoms with Crippen LogP contribution in [-0.4, -0.2) is 60.8 Å². The molecular formula is C21H37IN4O. The van der Waals surface area contributed by atoms with Gasteiger partial charge in [-0.15, -0.1) is 24.0 Å². The van der Waals surface area contributed by atoms with E-state index in [0.717, 1.165) is 44.0 Å². The maximum absolute atomic E-state index is 10.3. The van der Waals surface area contributed by atoms with Gasteiger partial charge in [0.2, 0.25) is 0 Å². The van der Waals surface area contributed by atoms with Crippen molar-refractivity contribution in [3.05, 3.63) is 35.9 Å². The van der Waals surface area contributed by atoms with Gasteiger partial charge in [-0.2, -0.15) is 0 Å². The van der Waals surface area contributed by atoms with Gasteiger partial charge in [-0.3, -0.25) is 4.99 Å². The molecule has 0 amide bonds. The Morgan fingerprint density at radius 2 is 1.93 bits per heavy atom. The molecule has 27 heavy (non-hydrogen) atoms. The Morgan fingerprint density at radius 1 is 1.22 bits per heavy atom. The molecule has 0 radical (unpaired) electrons. The number of hydrogen-bond donors (Lipinski definition) is 3. The van der Waals surface area contributed by atoms with Gasteiger partial charge in [-0.25, -0.2) is 0 Å². The quantitative estimate of drug-likeness (QED) is 0.284. The molecule has 1 heterocycles. The minimum atomic E-state index is -0.455. The van der Waals surface area contributed by atoms with Crippen molar-refractivity contribution in [1.82, 2.24) is 15.5 Å². The van der Waals surface area contributed by atoms with Gasteiger partial charge in [0.15, 0.2) is 5.96 Å². The fourth-order valence-electron chi connectivity index (χ4n) is 3.34. The number of benzene rings is 1. The highest BCUT2D eigenvalue weighted by Crippen LogP contribution is 2.11. The summed E-state index contributed by atoms with van der Waals surface area (Å²) in [6.45, 7) is 9.12. The molecule has 1 unspecified atom stereocenters. The van der Waals surface area contributed by atoms with Crippen LogP contribution in [0.1, 0.15) is 45.1 Å². The third kappa shape index (κ3) is 9.76. The third-order valence-corrected chi connectivity index (χ3v) is 4.87. The van der Waals surface area contributed by atoms with Crippen LogP contribution < -0.4 is 10.6 Å². The monoisotopic (exact) mass is 488 g/mol. The van der Waals surface area contributed by atoms with Gasteiger partial charge in [0.05, 0.1) is 12.6 Å². The Morgan fingerprint density at radius 3 is 2.56 bits per heavy atom. The number of nitrogens with one attached hydrogen (secondary N) is 2. The fraction of sp³-hybridized carbons (Fsp3) is 0.667. The van der Waals surface area contributed by atoms with E-state index in [1.54, 1.807) is 0 Å². The predicted octanol–water partition coefficient (Wildman–Crippen LogP) is 3.03. The number of halogens is 1. The minimum Gasteiger partial charge on any atom is -0.391 e. The Bertz CT molecular complexity index is 518. The largest absolute Gasteiger partial charge is 0.391 e. The zero-order valence-corrected chi connectivity index (χ0v) is 19.2. The van der Waals surface area contributed by atoms with Crippen LogP contribution in [0.3, 0.4) is 0 Å². The summed E-state index contributed by atoms with van der Waals surface area (Å²) >= 11 is 0. The molecular weight excluding hydrogens is 451 g/mol. The highest BCUT2D eigenvalue weighted by Gasteiger charge is 2.19. The van der Waals surface area contributed by atoms with E-state index >= 15 is 0 Å². The van der Waals surface area contributed by atoms with E-state index in [1.807, 2.05) is 30.3 Å². The molecule has 6 heteroatoms. The van der Waals surface area contributed by atoms with Gasteiger partial charge >= 0.3 is 0 Å². The van der Waals surface area contributed by atoms with Crippen LogP contribution in [0.4, 0.5) is 0 Å². The molecule has 0 spiro atoms. The first-order valence-corrected chi connectivity index (χ1v) is 10.2. The number of guanidine groups is 1. The smallest absolute Gasteiger partial charge is 0.191 e. The van der Waals surface area contributed by atoms with Gasteiger partial charge < -0.3 is 20.6 Å². The molecule has 0 aliphatic carbocycles. The molecule has 1 atom stereocenters. The summed E-state index contributed by atoms with van der Waals surface area (Å²) in [5, 5.41) is 17.1. The Hall–Kier alpha value is -0.860. The molecule has 0 saturated carbocycles. The Labute approximate surface area is 182 Å². The number of aliphatic hydroxyl groups is 1. The fourth-order valence-corrected chi connectivity index (χ4v) is 3.34. The van der Waals surface area contributed by atoms with Gasteiger partial charge in [0.1, 0.15) is 0 Å². The molecule has 1 saturated heterocycles. The lowest BCUT2D eigenvalue weighted by molar-refractivity contribution is 0.183. The zero-order valence-electron chi connectivity index (χ0n) is 16.9. The van der Waals surface area contributed by atoms with Crippen LogP contribution in [0.5, 0.6) is 0 Å². The number of likely N-dealkylation sites (tertiary alicyclic amines) is 1. The number of aliphatic imine (C=N–C) groups is 1. The molecule has 1 aliphatic rings. The predicted molar refractivity (Wildman–Crippen MR) is 125 cm³/mol. The van der Waals surface area contributed by atoms with E-state index in [1.165, 1.54) is 19.4 Å². The Balaban J connectivity index is 0.00000364. The van der Waals surface area contributed by atoms with Gasteiger partial charge in [-0.1, -0.05) is 43.7 Å². The SMILES string of the molecule is CCCCN1CCC(NC(=NCC(O)Cc2ccccc2)NCC)CC1.I. The number of unbranched alkanes of at least 4 members (excludes halogenated alkanes) is 1. The van der Waals surface area contributed by atoms with E-state index in [9.17, 15) is 5.11 Å². The molecule has 0 aromatic heterocycles. The van der Waals surface area contributed by atoms with Gasteiger partial charge in [-0.05, 0) is 38.3 Å². The average Bonchev–Trinajstić information content (AvgIpc) is 2.66. The van der Waals surface area contributed by atoms with Crippen molar-refractivity contribution in [3.63, 3.8) is 0 Å². The topological polar surface area (TPSA) is 59.9 Å². The molecule has 0 bridgehead atoms. The first-order chi connectivity index (χ1) is 12.7. The lowest BCUT2D eigenvalue weighted by Crippen LogP contribution is -2.49. The molecule has 1 aromatic carbocycles. The normalized spacial score (nSPS) is 17.2. The van der Waals surface area contributed by atoms with Crippen LogP contribution in [0.15, 0.2) is 35.3 Å². The van der Waals surface area contributed by atoms with Crippen molar-refractivity contribution in [2.24, 2.45) is 4.99 Å². The second-order valence-electron chi connectivity index (χ2n) is 7.18. The van der Waals surface area contributed by atoms with Crippen LogP contribution in [-0.2, 0) is 6.42 Å². The van der Waals surface area contributed by atoms with Crippen molar-refractivity contribution in [2.45, 2.75) is 58.1 Å². The lowest BCUT2D eigenvalue weighted by Gasteiger charge is -2.33. The molecule has 2 rings (SSSR count). The number of aliphatic hydroxyl groups excluding tert-OH is 1. The number of hydrogen-bond acceptors (Lipinski definition) is 3. The van der Waals surface area contributed by atoms with E-state index in [0.29, 0.717) is 19.0 Å². The van der Waals surface area contributed by atoms with Gasteiger partial charge in [0.25, 0.3) is 0 Å². The summed E-state index contributed by atoms with van der Waals surface area (Å²) in [5.74, 6) is 0.826. The minimum absolute atomic E-state index is 0. The van der Waals surface area contributed by atoms with Crippen molar-refractivity contribution in [3.8, 4) is 0 Å². The average molecular weight is 488 g/mol. The van der Waals surface area contributed by atoms with Crippen molar-refractivity contribution >= 4 is 29.9 Å². The van der Waals surface area contributed by atoms with E-state index < -0.39 is 6.10 Å². The number of rotatable bonds is 9. The van der Waals surface area contributed by atoms with E-state index in [-0.39, 0.29) is 24.0 Å². The summed E-state index contributed by atoms with van der Waals surface area (Å²) in [5.41, 5.74) is 1.15. The Kier molecular flexibility index (Phi) is 12.7. The third-order valence-electron chi connectivity index (χ3n) is 4.87. The maximum atomic E-state index is 10.3. The molecule has 1 aromatic rings. The standard InChI is InChI=1S/C21H36N4O.HI/c1-3-5-13-25-14-11-19(12-15-25)24-21(22-4-2)23-17-20(26)16-18-9-7-6-8-10-18;/h6-10,19-20,26H,3-5,11-17H2,1-2H3,(H2,22,23,24);1H. The lowest BCUT2D eigenvalue weighted by atomic mass is 10.0. The molecule has 1 fully saturated rings. The van der Waals surface area contributed by atoms with Crippen LogP contribution in [0, 0.1) is 0 Å². The summed E-state index contributed by atoms with van der Waals surface area (Å²) in [7, 11) is 0. The van der Waals surface area contributed by atoms with Crippen molar-refractivity contribution < 1.29 is 5.11 Å². The highest BCUT2D eigenvalue weighted by atomic mass is 127. The summed E-state index contributed by atoms with van der Waals surface area (Å²) in [6.07, 6.45) is 5.05. The van der Waals surface area contributed by atoms with E-state index in [2.05, 4.69) is 34.4 Å². The molecule has 3 N–H and O–H groups in total. The van der Waals surface area contributed by atoms with Crippen LogP contribution in [0.25, 0.3) is 0 Å². The highest BCUT2D eigenvalue weighted by molar-refractivity contribution is 14.0. The van der Waals surface area contributed by atoms with Gasteiger partial charge in [0, 0.05) is 32.1 Å². The van der Waals surface area contributed by atoms with Crippen molar-refractivity contribution in [2.75, 3.05) is 32.7 Å². The van der Waals surface area contributed by atoms with Crippen molar-refractivity contribution in [1.29, 1.82) is 0 Å². The molecule has 1 aliphatic heterocycles. The summed E-state index contributed by atoms with van der Waals surface area (Å²) in [4.78, 5) is 7.17. The second kappa shape index (κ2) is 14.2. The molecule has 154 valence electrons. The number of nitrogens with zero attached hydrogens (tertiary/aromatic N) is 2. The maximum Gasteiger partial charge on any atom is 0.191 e. The summed E-state index contributed by atoms with van der Waals surface area (Å²) < 4.78 is 0. The first kappa shape index (κ1) is 24.2.